The molecule has 0 radical (unpaired) electrons. The van der Waals surface area contributed by atoms with Gasteiger partial charge in [-0.1, -0.05) is 18.2 Å². The average molecular weight is 520 g/mol. The Bertz CT molecular complexity index is 1370. The number of para-hydroxylation sites is 2. The molecule has 1 aliphatic heterocycles. The number of benzene rings is 3. The second-order valence-electron chi connectivity index (χ2n) is 8.57. The standard InChI is InChI=1S/C27H25N3O8/c1-17-7-8-19(14-22(17)30(34)35)28-25(31)16-37-27(33)18-13-26(32)29(15-18)20-9-11-21(12-10-20)38-24-6-4-3-5-23(24)36-2/h3-12,14,18H,13,15-16H2,1-2H3,(H,28,31)/t18-/m0/s1. The number of carbonyl (C=O) groups excluding carboxylic acids is 3. The molecule has 0 bridgehead atoms. The van der Waals surface area contributed by atoms with Crippen molar-refractivity contribution in [2.75, 3.05) is 30.5 Å². The summed E-state index contributed by atoms with van der Waals surface area (Å²) in [4.78, 5) is 49.3. The molecule has 0 aromatic heterocycles. The summed E-state index contributed by atoms with van der Waals surface area (Å²) in [6.07, 6.45) is -0.0515. The van der Waals surface area contributed by atoms with Crippen molar-refractivity contribution < 1.29 is 33.5 Å². The third kappa shape index (κ3) is 6.06. The van der Waals surface area contributed by atoms with Crippen molar-refractivity contribution >= 4 is 34.8 Å². The molecule has 11 nitrogen and oxygen atoms in total. The number of nitrogens with zero attached hydrogens (tertiary/aromatic N) is 2. The highest BCUT2D eigenvalue weighted by atomic mass is 16.6. The van der Waals surface area contributed by atoms with E-state index in [9.17, 15) is 24.5 Å². The zero-order valence-electron chi connectivity index (χ0n) is 20.7. The molecule has 4 rings (SSSR count). The van der Waals surface area contributed by atoms with Gasteiger partial charge in [0.25, 0.3) is 11.6 Å². The van der Waals surface area contributed by atoms with Crippen molar-refractivity contribution in [1.82, 2.24) is 0 Å². The molecule has 0 spiro atoms. The SMILES string of the molecule is COc1ccccc1Oc1ccc(N2C[C@@H](C(=O)OCC(=O)Nc3ccc(C)c([N+](=O)[O-])c3)CC2=O)cc1. The topological polar surface area (TPSA) is 137 Å². The molecule has 2 amide bonds. The fraction of sp³-hybridized carbons (Fsp3) is 0.222. The lowest BCUT2D eigenvalue weighted by Crippen LogP contribution is -2.28. The van der Waals surface area contributed by atoms with Crippen molar-refractivity contribution in [1.29, 1.82) is 0 Å². The van der Waals surface area contributed by atoms with Gasteiger partial charge in [-0.2, -0.15) is 0 Å². The maximum Gasteiger partial charge on any atom is 0.311 e. The summed E-state index contributed by atoms with van der Waals surface area (Å²) in [7, 11) is 1.55. The summed E-state index contributed by atoms with van der Waals surface area (Å²) in [5, 5.41) is 13.5. The first-order chi connectivity index (χ1) is 18.2. The van der Waals surface area contributed by atoms with E-state index in [0.717, 1.165) is 0 Å². The van der Waals surface area contributed by atoms with E-state index in [0.29, 0.717) is 28.5 Å². The van der Waals surface area contributed by atoms with Crippen LogP contribution in [-0.2, 0) is 19.1 Å². The normalized spacial score (nSPS) is 14.6. The number of carbonyl (C=O) groups is 3. The van der Waals surface area contributed by atoms with Gasteiger partial charge in [-0.15, -0.1) is 0 Å². The maximum absolute atomic E-state index is 12.6. The third-order valence-electron chi connectivity index (χ3n) is 5.94. The Labute approximate surface area is 218 Å². The van der Waals surface area contributed by atoms with E-state index < -0.39 is 29.3 Å². The summed E-state index contributed by atoms with van der Waals surface area (Å²) < 4.78 is 16.2. The average Bonchev–Trinajstić information content (AvgIpc) is 3.30. The number of ether oxygens (including phenoxy) is 3. The second kappa shape index (κ2) is 11.4. The Morgan fingerprint density at radius 2 is 1.79 bits per heavy atom. The fourth-order valence-corrected chi connectivity index (χ4v) is 3.97. The van der Waals surface area contributed by atoms with E-state index in [2.05, 4.69) is 5.32 Å². The van der Waals surface area contributed by atoms with Crippen LogP contribution in [0, 0.1) is 23.0 Å². The predicted octanol–water partition coefficient (Wildman–Crippen LogP) is 4.24. The number of aryl methyl sites for hydroxylation is 1. The molecule has 196 valence electrons. The third-order valence-corrected chi connectivity index (χ3v) is 5.94. The Morgan fingerprint density at radius 1 is 1.08 bits per heavy atom. The van der Waals surface area contributed by atoms with Crippen LogP contribution in [0.3, 0.4) is 0 Å². The number of methoxy groups -OCH3 is 1. The molecule has 0 aliphatic carbocycles. The number of nitrogens with one attached hydrogen (secondary N) is 1. The minimum Gasteiger partial charge on any atom is -0.493 e. The van der Waals surface area contributed by atoms with Crippen LogP contribution < -0.4 is 19.7 Å². The lowest BCUT2D eigenvalue weighted by Gasteiger charge is -2.17. The van der Waals surface area contributed by atoms with E-state index in [1.54, 1.807) is 50.4 Å². The maximum atomic E-state index is 12.6. The van der Waals surface area contributed by atoms with Gasteiger partial charge in [-0.3, -0.25) is 24.5 Å². The predicted molar refractivity (Wildman–Crippen MR) is 137 cm³/mol. The summed E-state index contributed by atoms with van der Waals surface area (Å²) >= 11 is 0. The highest BCUT2D eigenvalue weighted by Crippen LogP contribution is 2.33. The van der Waals surface area contributed by atoms with Crippen LogP contribution in [0.2, 0.25) is 0 Å². The molecule has 1 aliphatic rings. The fourth-order valence-electron chi connectivity index (χ4n) is 3.97. The van der Waals surface area contributed by atoms with Gasteiger partial charge in [0.15, 0.2) is 18.1 Å². The van der Waals surface area contributed by atoms with Gasteiger partial charge in [0, 0.05) is 36.0 Å². The molecule has 1 N–H and O–H groups in total. The Morgan fingerprint density at radius 3 is 2.47 bits per heavy atom. The van der Waals surface area contributed by atoms with E-state index in [1.165, 1.54) is 23.1 Å². The van der Waals surface area contributed by atoms with E-state index in [1.807, 2.05) is 12.1 Å². The van der Waals surface area contributed by atoms with Gasteiger partial charge in [0.1, 0.15) is 5.75 Å². The van der Waals surface area contributed by atoms with Crippen LogP contribution in [0.4, 0.5) is 17.1 Å². The van der Waals surface area contributed by atoms with E-state index in [4.69, 9.17) is 14.2 Å². The Kier molecular flexibility index (Phi) is 7.86. The van der Waals surface area contributed by atoms with Crippen LogP contribution >= 0.6 is 0 Å². The molecule has 0 saturated carbocycles. The van der Waals surface area contributed by atoms with Crippen molar-refractivity contribution in [3.8, 4) is 17.2 Å². The molecule has 3 aromatic rings. The minimum absolute atomic E-state index is 0.0515. The van der Waals surface area contributed by atoms with Crippen LogP contribution in [0.15, 0.2) is 66.7 Å². The first-order valence-electron chi connectivity index (χ1n) is 11.7. The van der Waals surface area contributed by atoms with Crippen molar-refractivity contribution in [2.45, 2.75) is 13.3 Å². The summed E-state index contributed by atoms with van der Waals surface area (Å²) in [5.41, 5.74) is 1.12. The number of amides is 2. The number of hydrogen-bond acceptors (Lipinski definition) is 8. The molecule has 1 saturated heterocycles. The summed E-state index contributed by atoms with van der Waals surface area (Å²) in [6, 6.07) is 18.3. The Hall–Kier alpha value is -4.93. The van der Waals surface area contributed by atoms with Crippen LogP contribution in [0.1, 0.15) is 12.0 Å². The number of rotatable bonds is 9. The second-order valence-corrected chi connectivity index (χ2v) is 8.57. The van der Waals surface area contributed by atoms with Gasteiger partial charge in [-0.05, 0) is 49.4 Å². The van der Waals surface area contributed by atoms with Gasteiger partial charge in [0.2, 0.25) is 5.91 Å². The zero-order chi connectivity index (χ0) is 27.2. The molecule has 3 aromatic carbocycles. The molecule has 1 fully saturated rings. The molecule has 0 unspecified atom stereocenters. The zero-order valence-corrected chi connectivity index (χ0v) is 20.7. The number of hydrogen-bond donors (Lipinski definition) is 1. The van der Waals surface area contributed by atoms with Gasteiger partial charge in [0.05, 0.1) is 18.0 Å². The largest absolute Gasteiger partial charge is 0.493 e. The first kappa shape index (κ1) is 26.1. The molecule has 1 atom stereocenters. The van der Waals surface area contributed by atoms with Crippen LogP contribution in [0.25, 0.3) is 0 Å². The number of nitro benzene ring substituents is 1. The van der Waals surface area contributed by atoms with Crippen molar-refractivity contribution in [3.05, 3.63) is 82.4 Å². The van der Waals surface area contributed by atoms with Crippen LogP contribution in [-0.4, -0.2) is 43.0 Å². The minimum atomic E-state index is -0.736. The molecular formula is C27H25N3O8. The van der Waals surface area contributed by atoms with E-state index >= 15 is 0 Å². The Balaban J connectivity index is 1.30. The van der Waals surface area contributed by atoms with Gasteiger partial charge < -0.3 is 24.4 Å². The molecule has 11 heteroatoms. The van der Waals surface area contributed by atoms with Crippen LogP contribution in [0.5, 0.6) is 17.2 Å². The number of esters is 1. The molecule has 38 heavy (non-hydrogen) atoms. The monoisotopic (exact) mass is 519 g/mol. The summed E-state index contributed by atoms with van der Waals surface area (Å²) in [6.45, 7) is 1.11. The highest BCUT2D eigenvalue weighted by Gasteiger charge is 2.36. The highest BCUT2D eigenvalue weighted by molar-refractivity contribution is 6.00. The quantitative estimate of drug-likeness (QED) is 0.252. The first-order valence-corrected chi connectivity index (χ1v) is 11.7. The number of nitro groups is 1. The van der Waals surface area contributed by atoms with Gasteiger partial charge in [-0.25, -0.2) is 0 Å². The lowest BCUT2D eigenvalue weighted by atomic mass is 10.1. The lowest BCUT2D eigenvalue weighted by molar-refractivity contribution is -0.385. The van der Waals surface area contributed by atoms with E-state index in [-0.39, 0.29) is 30.2 Å². The smallest absolute Gasteiger partial charge is 0.311 e. The van der Waals surface area contributed by atoms with Crippen molar-refractivity contribution in [3.63, 3.8) is 0 Å². The van der Waals surface area contributed by atoms with Gasteiger partial charge >= 0.3 is 5.97 Å². The number of anilines is 2. The summed E-state index contributed by atoms with van der Waals surface area (Å²) in [5.74, 6) is -0.632. The van der Waals surface area contributed by atoms with Crippen molar-refractivity contribution in [2.24, 2.45) is 5.92 Å². The molecule has 1 heterocycles. The molecular weight excluding hydrogens is 494 g/mol.